The maximum Gasteiger partial charge on any atom is 0.416 e. The van der Waals surface area contributed by atoms with Crippen LogP contribution < -0.4 is 10.2 Å². The normalized spacial score (nSPS) is 14.2. The maximum absolute atomic E-state index is 13.7. The molecule has 206 valence electrons. The van der Waals surface area contributed by atoms with Crippen molar-refractivity contribution in [2.45, 2.75) is 6.18 Å². The van der Waals surface area contributed by atoms with Crippen molar-refractivity contribution in [2.24, 2.45) is 0 Å². The third-order valence-electron chi connectivity index (χ3n) is 6.64. The summed E-state index contributed by atoms with van der Waals surface area (Å²) in [5.41, 5.74) is 2.06. The topological polar surface area (TPSA) is 88.1 Å². The molecule has 6 rings (SSSR count). The van der Waals surface area contributed by atoms with Crippen LogP contribution in [0.2, 0.25) is 0 Å². The van der Waals surface area contributed by atoms with E-state index in [0.717, 1.165) is 34.2 Å². The molecule has 1 N–H and O–H groups in total. The molecule has 0 bridgehead atoms. The highest BCUT2D eigenvalue weighted by Crippen LogP contribution is 2.36. The summed E-state index contributed by atoms with van der Waals surface area (Å²) in [7, 11) is 0. The predicted molar refractivity (Wildman–Crippen MR) is 152 cm³/mol. The summed E-state index contributed by atoms with van der Waals surface area (Å²) >= 11 is 0. The van der Waals surface area contributed by atoms with Crippen LogP contribution in [-0.2, 0) is 11.0 Å². The van der Waals surface area contributed by atoms with Crippen LogP contribution in [0.4, 0.5) is 24.8 Å². The smallest absolute Gasteiger partial charge is 0.329 e. The van der Waals surface area contributed by atoms with Crippen molar-refractivity contribution >= 4 is 29.0 Å². The quantitative estimate of drug-likeness (QED) is 0.186. The summed E-state index contributed by atoms with van der Waals surface area (Å²) in [6.07, 6.45) is -3.31. The lowest BCUT2D eigenvalue weighted by molar-refractivity contribution is -0.137. The van der Waals surface area contributed by atoms with Crippen LogP contribution in [-0.4, -0.2) is 27.0 Å². The second kappa shape index (κ2) is 10.7. The molecule has 2 heterocycles. The highest BCUT2D eigenvalue weighted by molar-refractivity contribution is 6.41. The van der Waals surface area contributed by atoms with Gasteiger partial charge < -0.3 is 5.32 Å². The fourth-order valence-electron chi connectivity index (χ4n) is 4.66. The highest BCUT2D eigenvalue weighted by Gasteiger charge is 2.37. The van der Waals surface area contributed by atoms with Gasteiger partial charge in [-0.2, -0.15) is 13.2 Å². The second-order valence-electron chi connectivity index (χ2n) is 9.31. The Hall–Kier alpha value is -5.64. The van der Waals surface area contributed by atoms with E-state index in [1.54, 1.807) is 18.2 Å². The van der Waals surface area contributed by atoms with Gasteiger partial charge in [0.1, 0.15) is 11.4 Å². The van der Waals surface area contributed by atoms with Crippen molar-refractivity contribution in [1.82, 2.24) is 15.2 Å². The summed E-state index contributed by atoms with van der Waals surface area (Å²) < 4.78 is 40.2. The number of hydrogen-bond acceptors (Lipinski definition) is 6. The lowest BCUT2D eigenvalue weighted by Crippen LogP contribution is -2.42. The number of aromatic nitrogens is 3. The van der Waals surface area contributed by atoms with Crippen LogP contribution in [0.25, 0.3) is 28.1 Å². The number of imide groups is 1. The largest absolute Gasteiger partial charge is 0.416 e. The van der Waals surface area contributed by atoms with Crippen LogP contribution in [0.5, 0.6) is 0 Å². The van der Waals surface area contributed by atoms with Gasteiger partial charge in [-0.15, -0.1) is 10.2 Å². The van der Waals surface area contributed by atoms with Crippen molar-refractivity contribution in [2.75, 3.05) is 10.2 Å². The first-order valence-corrected chi connectivity index (χ1v) is 12.8. The Morgan fingerprint density at radius 1 is 0.667 bits per heavy atom. The molecule has 2 amide bonds. The lowest BCUT2D eigenvalue weighted by Gasteiger charge is -2.29. The molecule has 10 heteroatoms. The Morgan fingerprint density at radius 2 is 1.29 bits per heavy atom. The van der Waals surface area contributed by atoms with Gasteiger partial charge in [0.25, 0.3) is 11.8 Å². The average Bonchev–Trinajstić information content (AvgIpc) is 3.01. The van der Waals surface area contributed by atoms with Crippen molar-refractivity contribution in [1.29, 1.82) is 0 Å². The summed E-state index contributed by atoms with van der Waals surface area (Å²) in [6.45, 7) is 0. The third kappa shape index (κ3) is 5.01. The third-order valence-corrected chi connectivity index (χ3v) is 6.64. The molecule has 4 aromatic carbocycles. The van der Waals surface area contributed by atoms with E-state index < -0.39 is 23.6 Å². The number of nitrogens with zero attached hydrogens (tertiary/aromatic N) is 4. The fourth-order valence-corrected chi connectivity index (χ4v) is 4.66. The zero-order chi connectivity index (χ0) is 29.3. The number of anilines is 2. The molecular formula is C32H20F3N5O2. The molecule has 0 aliphatic carbocycles. The van der Waals surface area contributed by atoms with Gasteiger partial charge in [0.2, 0.25) is 5.95 Å². The molecule has 42 heavy (non-hydrogen) atoms. The Bertz CT molecular complexity index is 1840. The number of hydrogen-bond donors (Lipinski definition) is 1. The number of benzene rings is 4. The number of rotatable bonds is 5. The molecule has 7 nitrogen and oxygen atoms in total. The molecule has 1 aliphatic rings. The van der Waals surface area contributed by atoms with E-state index in [2.05, 4.69) is 20.5 Å². The van der Waals surface area contributed by atoms with E-state index >= 15 is 0 Å². The van der Waals surface area contributed by atoms with E-state index in [9.17, 15) is 22.8 Å². The molecule has 1 aliphatic heterocycles. The number of nitrogens with one attached hydrogen (secondary N) is 1. The number of fused-ring (bicyclic) bond motifs is 1. The number of amides is 2. The van der Waals surface area contributed by atoms with Crippen molar-refractivity contribution in [3.05, 3.63) is 132 Å². The Morgan fingerprint density at radius 3 is 1.95 bits per heavy atom. The summed E-state index contributed by atoms with van der Waals surface area (Å²) in [6, 6.07) is 29.3. The molecule has 0 atom stereocenters. The Balaban J connectivity index is 1.41. The first kappa shape index (κ1) is 26.6. The van der Waals surface area contributed by atoms with E-state index in [1.165, 1.54) is 18.3 Å². The molecule has 1 aromatic heterocycles. The Kier molecular flexibility index (Phi) is 6.79. The highest BCUT2D eigenvalue weighted by atomic mass is 19.4. The zero-order valence-corrected chi connectivity index (χ0v) is 21.7. The van der Waals surface area contributed by atoms with Crippen LogP contribution in [0.3, 0.4) is 0 Å². The van der Waals surface area contributed by atoms with Crippen LogP contribution in [0.1, 0.15) is 21.5 Å². The molecule has 0 spiro atoms. The van der Waals surface area contributed by atoms with E-state index in [4.69, 9.17) is 0 Å². The number of carbonyl (C=O) groups is 2. The summed E-state index contributed by atoms with van der Waals surface area (Å²) in [4.78, 5) is 32.4. The van der Waals surface area contributed by atoms with Gasteiger partial charge in [-0.25, -0.2) is 9.88 Å². The second-order valence-corrected chi connectivity index (χ2v) is 9.31. The first-order valence-electron chi connectivity index (χ1n) is 12.8. The molecular weight excluding hydrogens is 543 g/mol. The molecule has 0 saturated carbocycles. The van der Waals surface area contributed by atoms with E-state index in [1.807, 2.05) is 60.7 Å². The van der Waals surface area contributed by atoms with Crippen LogP contribution >= 0.6 is 0 Å². The predicted octanol–water partition coefficient (Wildman–Crippen LogP) is 6.86. The Labute approximate surface area is 238 Å². The van der Waals surface area contributed by atoms with Gasteiger partial charge in [-0.3, -0.25) is 9.59 Å². The van der Waals surface area contributed by atoms with Gasteiger partial charge in [-0.1, -0.05) is 84.9 Å². The SMILES string of the molecule is O=C1C(=CNc2nnc(-c3ccccc3)c(-c3ccccc3)n2)c2ccccc2C(=O)N1c1cccc(C(F)(F)F)c1. The van der Waals surface area contributed by atoms with Gasteiger partial charge >= 0.3 is 6.18 Å². The van der Waals surface area contributed by atoms with Gasteiger partial charge in [0, 0.05) is 28.5 Å². The van der Waals surface area contributed by atoms with Crippen LogP contribution in [0, 0.1) is 0 Å². The minimum absolute atomic E-state index is 0.0413. The van der Waals surface area contributed by atoms with E-state index in [-0.39, 0.29) is 22.8 Å². The lowest BCUT2D eigenvalue weighted by atomic mass is 9.93. The van der Waals surface area contributed by atoms with Gasteiger partial charge in [0.05, 0.1) is 16.8 Å². The number of halogens is 3. The van der Waals surface area contributed by atoms with Crippen molar-refractivity contribution in [3.8, 4) is 22.5 Å². The molecule has 0 fully saturated rings. The van der Waals surface area contributed by atoms with Crippen molar-refractivity contribution in [3.63, 3.8) is 0 Å². The van der Waals surface area contributed by atoms with Gasteiger partial charge in [0.15, 0.2) is 0 Å². The first-order chi connectivity index (χ1) is 20.3. The molecule has 0 saturated heterocycles. The molecule has 0 radical (unpaired) electrons. The zero-order valence-electron chi connectivity index (χ0n) is 21.7. The minimum Gasteiger partial charge on any atom is -0.329 e. The summed E-state index contributed by atoms with van der Waals surface area (Å²) in [5.74, 6) is -1.46. The fraction of sp³-hybridized carbons (Fsp3) is 0.0312. The maximum atomic E-state index is 13.7. The van der Waals surface area contributed by atoms with Crippen molar-refractivity contribution < 1.29 is 22.8 Å². The molecule has 5 aromatic rings. The van der Waals surface area contributed by atoms with Crippen LogP contribution in [0.15, 0.2) is 115 Å². The number of alkyl halides is 3. The number of carbonyl (C=O) groups excluding carboxylic acids is 2. The minimum atomic E-state index is -4.65. The van der Waals surface area contributed by atoms with E-state index in [0.29, 0.717) is 17.0 Å². The molecule has 0 unspecified atom stereocenters. The monoisotopic (exact) mass is 563 g/mol. The van der Waals surface area contributed by atoms with Gasteiger partial charge in [-0.05, 0) is 24.3 Å². The summed E-state index contributed by atoms with van der Waals surface area (Å²) in [5, 5.41) is 11.5. The standard InChI is InChI=1S/C32H20F3N5O2/c33-32(34,35)22-14-9-15-23(18-22)40-29(41)25-17-8-7-16-24(25)26(30(40)42)19-36-31-37-27(20-10-3-1-4-11-20)28(38-39-31)21-12-5-2-6-13-21/h1-19H,(H,36,37,39). The average molecular weight is 564 g/mol.